The summed E-state index contributed by atoms with van der Waals surface area (Å²) < 4.78 is 25.2. The van der Waals surface area contributed by atoms with E-state index in [1.54, 1.807) is 4.31 Å². The van der Waals surface area contributed by atoms with Crippen LogP contribution in [0.1, 0.15) is 58.8 Å². The maximum absolute atomic E-state index is 11.8. The van der Waals surface area contributed by atoms with Crippen molar-refractivity contribution in [2.24, 2.45) is 11.3 Å². The fraction of sp³-hybridized carbons (Fsp3) is 1.00. The molecular weight excluding hydrogens is 284 g/mol. The molecule has 124 valence electrons. The van der Waals surface area contributed by atoms with Crippen LogP contribution in [0.5, 0.6) is 0 Å². The molecule has 0 aromatic carbocycles. The molecule has 5 heteroatoms. The molecular formula is C16H32N2O2S. The number of hydrogen-bond acceptors (Lipinski definition) is 3. The predicted octanol–water partition coefficient (Wildman–Crippen LogP) is 2.61. The van der Waals surface area contributed by atoms with Crippen LogP contribution in [-0.4, -0.2) is 44.7 Å². The van der Waals surface area contributed by atoms with Crippen LogP contribution in [0.25, 0.3) is 0 Å². The van der Waals surface area contributed by atoms with E-state index in [-0.39, 0.29) is 0 Å². The lowest BCUT2D eigenvalue weighted by molar-refractivity contribution is 0.159. The molecule has 2 rings (SSSR count). The summed E-state index contributed by atoms with van der Waals surface area (Å²) >= 11 is 0. The zero-order valence-electron chi connectivity index (χ0n) is 13.9. The first-order valence-electron chi connectivity index (χ1n) is 8.49. The molecule has 0 spiro atoms. The van der Waals surface area contributed by atoms with Gasteiger partial charge in [-0.1, -0.05) is 26.7 Å². The Morgan fingerprint density at radius 2 is 1.90 bits per heavy atom. The zero-order valence-corrected chi connectivity index (χ0v) is 14.7. The molecule has 0 amide bonds. The topological polar surface area (TPSA) is 49.4 Å². The zero-order chi connectivity index (χ0) is 15.5. The Bertz CT molecular complexity index is 428. The molecule has 0 bridgehead atoms. The maximum atomic E-state index is 11.8. The quantitative estimate of drug-likeness (QED) is 0.819. The van der Waals surface area contributed by atoms with Crippen LogP contribution in [-0.2, 0) is 10.0 Å². The largest absolute Gasteiger partial charge is 0.314 e. The molecule has 4 nitrogen and oxygen atoms in total. The van der Waals surface area contributed by atoms with Crippen LogP contribution in [0, 0.1) is 11.3 Å². The second-order valence-electron chi connectivity index (χ2n) is 7.58. The maximum Gasteiger partial charge on any atom is 0.211 e. The Morgan fingerprint density at radius 3 is 2.48 bits per heavy atom. The van der Waals surface area contributed by atoms with Gasteiger partial charge in [0.05, 0.1) is 6.26 Å². The molecule has 0 aromatic rings. The highest BCUT2D eigenvalue weighted by atomic mass is 32.2. The van der Waals surface area contributed by atoms with Crippen LogP contribution >= 0.6 is 0 Å². The van der Waals surface area contributed by atoms with E-state index in [0.717, 1.165) is 19.5 Å². The number of nitrogens with one attached hydrogen (secondary N) is 1. The van der Waals surface area contributed by atoms with Crippen molar-refractivity contribution in [1.82, 2.24) is 9.62 Å². The van der Waals surface area contributed by atoms with Gasteiger partial charge in [-0.2, -0.15) is 0 Å². The molecule has 1 unspecified atom stereocenters. The Kier molecular flexibility index (Phi) is 5.71. The van der Waals surface area contributed by atoms with Crippen LogP contribution in [0.2, 0.25) is 0 Å². The second-order valence-corrected chi connectivity index (χ2v) is 9.56. The minimum absolute atomic E-state index is 0.412. The highest BCUT2D eigenvalue weighted by molar-refractivity contribution is 7.88. The standard InChI is InChI=1S/C16H32N2O2S/c1-14(2)17-13-16(8-4-5-9-16)11-15-7-6-10-18(12-15)21(3,19)20/h14-15,17H,4-13H2,1-3H3. The van der Waals surface area contributed by atoms with Crippen molar-refractivity contribution in [3.63, 3.8) is 0 Å². The lowest BCUT2D eigenvalue weighted by Gasteiger charge is -2.38. The van der Waals surface area contributed by atoms with E-state index in [4.69, 9.17) is 0 Å². The van der Waals surface area contributed by atoms with Crippen LogP contribution in [0.15, 0.2) is 0 Å². The number of nitrogens with zero attached hydrogens (tertiary/aromatic N) is 1. The highest BCUT2D eigenvalue weighted by Crippen LogP contribution is 2.44. The second kappa shape index (κ2) is 6.97. The van der Waals surface area contributed by atoms with Gasteiger partial charge in [0.2, 0.25) is 10.0 Å². The van der Waals surface area contributed by atoms with E-state index in [1.807, 2.05) is 0 Å². The summed E-state index contributed by atoms with van der Waals surface area (Å²) in [5.74, 6) is 0.542. The molecule has 1 aliphatic carbocycles. The van der Waals surface area contributed by atoms with Gasteiger partial charge in [0.25, 0.3) is 0 Å². The number of rotatable bonds is 6. The van der Waals surface area contributed by atoms with Gasteiger partial charge in [-0.05, 0) is 43.4 Å². The van der Waals surface area contributed by atoms with Crippen molar-refractivity contribution in [3.8, 4) is 0 Å². The number of sulfonamides is 1. The van der Waals surface area contributed by atoms with Gasteiger partial charge in [0, 0.05) is 25.7 Å². The SMILES string of the molecule is CC(C)NCC1(CC2CCCN(S(C)(=O)=O)C2)CCCC1. The molecule has 0 aromatic heterocycles. The van der Waals surface area contributed by atoms with Gasteiger partial charge in [-0.25, -0.2) is 12.7 Å². The first kappa shape index (κ1) is 17.2. The molecule has 2 aliphatic rings. The Hall–Kier alpha value is -0.130. The van der Waals surface area contributed by atoms with Gasteiger partial charge in [-0.3, -0.25) is 0 Å². The molecule has 1 atom stereocenters. The molecule has 21 heavy (non-hydrogen) atoms. The summed E-state index contributed by atoms with van der Waals surface area (Å²) in [5, 5.41) is 3.63. The van der Waals surface area contributed by atoms with Gasteiger partial charge >= 0.3 is 0 Å². The van der Waals surface area contributed by atoms with Crippen molar-refractivity contribution < 1.29 is 8.42 Å². The molecule has 1 heterocycles. The number of hydrogen-bond donors (Lipinski definition) is 1. The fourth-order valence-electron chi connectivity index (χ4n) is 4.11. The summed E-state index contributed by atoms with van der Waals surface area (Å²) in [4.78, 5) is 0. The highest BCUT2D eigenvalue weighted by Gasteiger charge is 2.37. The van der Waals surface area contributed by atoms with Gasteiger partial charge in [-0.15, -0.1) is 0 Å². The van der Waals surface area contributed by atoms with Crippen molar-refractivity contribution >= 4 is 10.0 Å². The van der Waals surface area contributed by atoms with E-state index in [2.05, 4.69) is 19.2 Å². The van der Waals surface area contributed by atoms with E-state index in [1.165, 1.54) is 44.8 Å². The molecule has 1 saturated heterocycles. The average Bonchev–Trinajstić information content (AvgIpc) is 2.85. The lowest BCUT2D eigenvalue weighted by Crippen LogP contribution is -2.43. The van der Waals surface area contributed by atoms with E-state index < -0.39 is 10.0 Å². The molecule has 2 fully saturated rings. The lowest BCUT2D eigenvalue weighted by atomic mass is 9.75. The first-order valence-corrected chi connectivity index (χ1v) is 10.3. The third kappa shape index (κ3) is 4.93. The summed E-state index contributed by atoms with van der Waals surface area (Å²) in [6, 6.07) is 0.529. The normalized spacial score (nSPS) is 27.3. The third-order valence-electron chi connectivity index (χ3n) is 5.22. The Morgan fingerprint density at radius 1 is 1.24 bits per heavy atom. The average molecular weight is 317 g/mol. The molecule has 0 radical (unpaired) electrons. The van der Waals surface area contributed by atoms with E-state index in [0.29, 0.717) is 23.9 Å². The Labute approximate surface area is 130 Å². The third-order valence-corrected chi connectivity index (χ3v) is 6.49. The van der Waals surface area contributed by atoms with Crippen LogP contribution in [0.4, 0.5) is 0 Å². The van der Waals surface area contributed by atoms with Gasteiger partial charge < -0.3 is 5.32 Å². The van der Waals surface area contributed by atoms with Crippen molar-refractivity contribution in [3.05, 3.63) is 0 Å². The van der Waals surface area contributed by atoms with Gasteiger partial charge in [0.15, 0.2) is 0 Å². The monoisotopic (exact) mass is 316 g/mol. The van der Waals surface area contributed by atoms with Crippen LogP contribution < -0.4 is 5.32 Å². The smallest absolute Gasteiger partial charge is 0.211 e. The van der Waals surface area contributed by atoms with Crippen molar-refractivity contribution in [2.45, 2.75) is 64.8 Å². The van der Waals surface area contributed by atoms with Crippen LogP contribution in [0.3, 0.4) is 0 Å². The molecule has 1 N–H and O–H groups in total. The predicted molar refractivity (Wildman–Crippen MR) is 87.8 cm³/mol. The summed E-state index contributed by atoms with van der Waals surface area (Å²) in [7, 11) is -3.02. The summed E-state index contributed by atoms with van der Waals surface area (Å²) in [6.07, 6.45) is 10.0. The molecule has 1 aliphatic heterocycles. The van der Waals surface area contributed by atoms with Gasteiger partial charge in [0.1, 0.15) is 0 Å². The Balaban J connectivity index is 1.96. The van der Waals surface area contributed by atoms with E-state index in [9.17, 15) is 8.42 Å². The summed E-state index contributed by atoms with van der Waals surface area (Å²) in [5.41, 5.74) is 0.412. The van der Waals surface area contributed by atoms with Crippen molar-refractivity contribution in [1.29, 1.82) is 0 Å². The minimum atomic E-state index is -3.02. The fourth-order valence-corrected chi connectivity index (χ4v) is 5.05. The van der Waals surface area contributed by atoms with Crippen molar-refractivity contribution in [2.75, 3.05) is 25.9 Å². The summed E-state index contributed by atoms with van der Waals surface area (Å²) in [6.45, 7) is 6.96. The number of piperidine rings is 1. The first-order chi connectivity index (χ1) is 9.81. The minimum Gasteiger partial charge on any atom is -0.314 e. The molecule has 1 saturated carbocycles. The van der Waals surface area contributed by atoms with E-state index >= 15 is 0 Å².